The predicted octanol–water partition coefficient (Wildman–Crippen LogP) is 3.70. The first-order valence-corrected chi connectivity index (χ1v) is 9.85. The van der Waals surface area contributed by atoms with Gasteiger partial charge in [-0.2, -0.15) is 13.2 Å². The van der Waals surface area contributed by atoms with Crippen LogP contribution in [0.25, 0.3) is 0 Å². The summed E-state index contributed by atoms with van der Waals surface area (Å²) in [4.78, 5) is 22.5. The number of ether oxygens (including phenoxy) is 2. The van der Waals surface area contributed by atoms with Gasteiger partial charge in [0.05, 0.1) is 19.4 Å². The monoisotopic (exact) mass is 441 g/mol. The van der Waals surface area contributed by atoms with E-state index in [0.717, 1.165) is 0 Å². The average molecular weight is 441 g/mol. The Labute approximate surface area is 177 Å². The van der Waals surface area contributed by atoms with Gasteiger partial charge in [0, 0.05) is 43.7 Å². The third-order valence-electron chi connectivity index (χ3n) is 4.79. The smallest absolute Gasteiger partial charge is 0.422 e. The van der Waals surface area contributed by atoms with Gasteiger partial charge in [-0.05, 0) is 23.8 Å². The topological polar surface area (TPSA) is 64.6 Å². The van der Waals surface area contributed by atoms with E-state index in [2.05, 4.69) is 14.7 Å². The van der Waals surface area contributed by atoms with E-state index in [-0.39, 0.29) is 36.1 Å². The number of rotatable bonds is 8. The Balaban J connectivity index is 1.53. The molecule has 1 saturated heterocycles. The second-order valence-corrected chi connectivity index (χ2v) is 7.39. The molecule has 31 heavy (non-hydrogen) atoms. The van der Waals surface area contributed by atoms with Gasteiger partial charge >= 0.3 is 6.18 Å². The zero-order valence-electron chi connectivity index (χ0n) is 17.0. The summed E-state index contributed by atoms with van der Waals surface area (Å²) in [6.45, 7) is 2.55. The molecular formula is C21H23F4N3O3. The van der Waals surface area contributed by atoms with Crippen molar-refractivity contribution in [3.63, 3.8) is 0 Å². The summed E-state index contributed by atoms with van der Waals surface area (Å²) in [5, 5.41) is 0. The number of carbonyl (C=O) groups is 1. The van der Waals surface area contributed by atoms with Crippen LogP contribution < -0.4 is 9.64 Å². The Morgan fingerprint density at radius 1 is 1.23 bits per heavy atom. The molecule has 10 heteroatoms. The van der Waals surface area contributed by atoms with Crippen LogP contribution >= 0.6 is 0 Å². The van der Waals surface area contributed by atoms with Crippen LogP contribution in [0.5, 0.6) is 5.75 Å². The Morgan fingerprint density at radius 2 is 1.97 bits per heavy atom. The molecular weight excluding hydrogens is 418 g/mol. The first kappa shape index (κ1) is 22.9. The molecule has 0 bridgehead atoms. The summed E-state index contributed by atoms with van der Waals surface area (Å²) in [5.74, 6) is -0.593. The number of aromatic nitrogens is 2. The van der Waals surface area contributed by atoms with Gasteiger partial charge in [0.1, 0.15) is 11.5 Å². The number of anilines is 1. The standard InChI is InChI=1S/C21H23F4N3O3/c1-14(19-3-2-17(12-26-19)31-13-21(23,24)25)8-16(29)9-15-10-18(22)20(27-11-15)28-4-6-30-7-5-28/h2-3,10-12,14H,4-9,13H2,1H3/t14-/m0/s1. The van der Waals surface area contributed by atoms with E-state index in [1.807, 2.05) is 0 Å². The van der Waals surface area contributed by atoms with Gasteiger partial charge in [0.15, 0.2) is 18.2 Å². The second-order valence-electron chi connectivity index (χ2n) is 7.39. The highest BCUT2D eigenvalue weighted by atomic mass is 19.4. The number of morpholine rings is 1. The number of hydrogen-bond donors (Lipinski definition) is 0. The molecule has 3 rings (SSSR count). The highest BCUT2D eigenvalue weighted by molar-refractivity contribution is 5.81. The lowest BCUT2D eigenvalue weighted by Gasteiger charge is -2.28. The maximum absolute atomic E-state index is 14.4. The number of alkyl halides is 3. The van der Waals surface area contributed by atoms with Crippen LogP contribution in [0.3, 0.4) is 0 Å². The maximum Gasteiger partial charge on any atom is 0.422 e. The fourth-order valence-electron chi connectivity index (χ4n) is 3.25. The fraction of sp³-hybridized carbons (Fsp3) is 0.476. The number of carbonyl (C=O) groups excluding carboxylic acids is 1. The Hall–Kier alpha value is -2.75. The molecule has 6 nitrogen and oxygen atoms in total. The molecule has 0 spiro atoms. The maximum atomic E-state index is 14.4. The van der Waals surface area contributed by atoms with Gasteiger partial charge in [0.25, 0.3) is 0 Å². The molecule has 3 heterocycles. The van der Waals surface area contributed by atoms with Crippen LogP contribution in [0.4, 0.5) is 23.4 Å². The number of pyridine rings is 2. The lowest BCUT2D eigenvalue weighted by atomic mass is 9.97. The second kappa shape index (κ2) is 10.0. The zero-order valence-corrected chi connectivity index (χ0v) is 17.0. The molecule has 1 fully saturated rings. The summed E-state index contributed by atoms with van der Waals surface area (Å²) >= 11 is 0. The number of halogens is 4. The van der Waals surface area contributed by atoms with Crippen molar-refractivity contribution in [2.45, 2.75) is 31.9 Å². The average Bonchev–Trinajstić information content (AvgIpc) is 2.73. The van der Waals surface area contributed by atoms with Gasteiger partial charge < -0.3 is 14.4 Å². The number of nitrogens with zero attached hydrogens (tertiary/aromatic N) is 3. The van der Waals surface area contributed by atoms with Crippen molar-refractivity contribution < 1.29 is 31.8 Å². The molecule has 2 aromatic heterocycles. The zero-order chi connectivity index (χ0) is 22.4. The van der Waals surface area contributed by atoms with Crippen LogP contribution in [-0.2, 0) is 16.0 Å². The van der Waals surface area contributed by atoms with E-state index in [9.17, 15) is 22.4 Å². The minimum absolute atomic E-state index is 0.00140. The van der Waals surface area contributed by atoms with E-state index in [1.165, 1.54) is 30.6 Å². The van der Waals surface area contributed by atoms with E-state index in [1.54, 1.807) is 11.8 Å². The number of hydrogen-bond acceptors (Lipinski definition) is 6. The third kappa shape index (κ3) is 6.88. The van der Waals surface area contributed by atoms with Crippen molar-refractivity contribution in [2.75, 3.05) is 37.8 Å². The van der Waals surface area contributed by atoms with Crippen LogP contribution in [-0.4, -0.2) is 54.8 Å². The van der Waals surface area contributed by atoms with E-state index in [4.69, 9.17) is 4.74 Å². The van der Waals surface area contributed by atoms with Crippen molar-refractivity contribution in [3.8, 4) is 5.75 Å². The van der Waals surface area contributed by atoms with Crippen molar-refractivity contribution >= 4 is 11.6 Å². The lowest BCUT2D eigenvalue weighted by molar-refractivity contribution is -0.153. The molecule has 0 N–H and O–H groups in total. The summed E-state index contributed by atoms with van der Waals surface area (Å²) in [7, 11) is 0. The summed E-state index contributed by atoms with van der Waals surface area (Å²) in [6, 6.07) is 4.24. The number of ketones is 1. The summed E-state index contributed by atoms with van der Waals surface area (Å²) < 4.78 is 60.9. The van der Waals surface area contributed by atoms with E-state index >= 15 is 0 Å². The van der Waals surface area contributed by atoms with E-state index in [0.29, 0.717) is 37.6 Å². The van der Waals surface area contributed by atoms with Gasteiger partial charge in [-0.25, -0.2) is 9.37 Å². The van der Waals surface area contributed by atoms with Crippen LogP contribution in [0.2, 0.25) is 0 Å². The van der Waals surface area contributed by atoms with Crippen molar-refractivity contribution in [3.05, 3.63) is 47.7 Å². The molecule has 0 amide bonds. The predicted molar refractivity (Wildman–Crippen MR) is 105 cm³/mol. The summed E-state index contributed by atoms with van der Waals surface area (Å²) in [5.41, 5.74) is 1.04. The highest BCUT2D eigenvalue weighted by Crippen LogP contribution is 2.23. The Bertz CT molecular complexity index is 884. The summed E-state index contributed by atoms with van der Waals surface area (Å²) in [6.07, 6.45) is -1.53. The lowest BCUT2D eigenvalue weighted by Crippen LogP contribution is -2.37. The Kier molecular flexibility index (Phi) is 7.42. The van der Waals surface area contributed by atoms with Crippen LogP contribution in [0, 0.1) is 5.82 Å². The van der Waals surface area contributed by atoms with Gasteiger partial charge in [-0.3, -0.25) is 9.78 Å². The molecule has 0 aliphatic carbocycles. The van der Waals surface area contributed by atoms with Crippen molar-refractivity contribution in [1.29, 1.82) is 0 Å². The Morgan fingerprint density at radius 3 is 2.58 bits per heavy atom. The molecule has 0 unspecified atom stereocenters. The quantitative estimate of drug-likeness (QED) is 0.582. The molecule has 1 atom stereocenters. The number of Topliss-reactive ketones (excluding diaryl/α,β-unsaturated/α-hetero) is 1. The molecule has 1 aliphatic rings. The minimum atomic E-state index is -4.42. The van der Waals surface area contributed by atoms with E-state index < -0.39 is 18.6 Å². The van der Waals surface area contributed by atoms with Crippen LogP contribution in [0.15, 0.2) is 30.6 Å². The van der Waals surface area contributed by atoms with Gasteiger partial charge in [-0.15, -0.1) is 0 Å². The first-order chi connectivity index (χ1) is 14.7. The molecule has 0 saturated carbocycles. The van der Waals surface area contributed by atoms with Crippen molar-refractivity contribution in [2.24, 2.45) is 0 Å². The molecule has 2 aromatic rings. The van der Waals surface area contributed by atoms with Crippen molar-refractivity contribution in [1.82, 2.24) is 9.97 Å². The SMILES string of the molecule is C[C@@H](CC(=O)Cc1cnc(N2CCOCC2)c(F)c1)c1ccc(OCC(F)(F)F)cn1. The first-order valence-electron chi connectivity index (χ1n) is 9.85. The largest absolute Gasteiger partial charge is 0.483 e. The van der Waals surface area contributed by atoms with Crippen LogP contribution in [0.1, 0.15) is 30.5 Å². The van der Waals surface area contributed by atoms with Gasteiger partial charge in [0.2, 0.25) is 0 Å². The molecule has 0 radical (unpaired) electrons. The molecule has 1 aliphatic heterocycles. The minimum Gasteiger partial charge on any atom is -0.483 e. The normalized spacial score (nSPS) is 15.6. The highest BCUT2D eigenvalue weighted by Gasteiger charge is 2.28. The molecule has 168 valence electrons. The third-order valence-corrected chi connectivity index (χ3v) is 4.79. The van der Waals surface area contributed by atoms with Gasteiger partial charge in [-0.1, -0.05) is 6.92 Å². The molecule has 0 aromatic carbocycles. The fourth-order valence-corrected chi connectivity index (χ4v) is 3.25.